The Bertz CT molecular complexity index is 678. The predicted octanol–water partition coefficient (Wildman–Crippen LogP) is 3.24. The first kappa shape index (κ1) is 15.6. The number of benzene rings is 2. The fraction of sp³-hybridized carbons (Fsp3) is 0.176. The van der Waals surface area contributed by atoms with Crippen molar-refractivity contribution in [3.05, 3.63) is 53.6 Å². The lowest BCUT2D eigenvalue weighted by Crippen LogP contribution is -2.00. The normalized spacial score (nSPS) is 10.5. The highest BCUT2D eigenvalue weighted by molar-refractivity contribution is 5.91. The monoisotopic (exact) mass is 299 g/mol. The number of hydrogen-bond donors (Lipinski definition) is 0. The summed E-state index contributed by atoms with van der Waals surface area (Å²) in [5.74, 6) is 0.922. The van der Waals surface area contributed by atoms with Crippen LogP contribution in [0.2, 0.25) is 0 Å². The third kappa shape index (κ3) is 3.63. The lowest BCUT2D eigenvalue weighted by atomic mass is 10.1. The van der Waals surface area contributed by atoms with E-state index in [0.717, 1.165) is 11.3 Å². The van der Waals surface area contributed by atoms with Gasteiger partial charge in [0.25, 0.3) is 0 Å². The molecule has 0 aliphatic heterocycles. The quantitative estimate of drug-likeness (QED) is 0.628. The van der Waals surface area contributed by atoms with Crippen molar-refractivity contribution >= 4 is 17.9 Å². The van der Waals surface area contributed by atoms with Crippen molar-refractivity contribution in [2.24, 2.45) is 4.99 Å². The van der Waals surface area contributed by atoms with Crippen LogP contribution in [0.3, 0.4) is 0 Å². The second kappa shape index (κ2) is 7.26. The molecule has 2 aromatic rings. The zero-order chi connectivity index (χ0) is 15.9. The Hall–Kier alpha value is -2.82. The van der Waals surface area contributed by atoms with Crippen LogP contribution in [0.5, 0.6) is 11.5 Å². The van der Waals surface area contributed by atoms with Crippen LogP contribution in [0.4, 0.5) is 5.69 Å². The molecule has 2 rings (SSSR count). The first-order valence-corrected chi connectivity index (χ1v) is 6.62. The zero-order valence-electron chi connectivity index (χ0n) is 12.7. The largest absolute Gasteiger partial charge is 0.493 e. The Balaban J connectivity index is 2.16. The first-order valence-electron chi connectivity index (χ1n) is 6.62. The SMILES string of the molecule is COC(=O)c1ccc(C=Nc2ccc(OC)c(OC)c2)cc1. The van der Waals surface area contributed by atoms with Crippen LogP contribution in [0, 0.1) is 0 Å². The van der Waals surface area contributed by atoms with E-state index in [1.165, 1.54) is 7.11 Å². The van der Waals surface area contributed by atoms with Gasteiger partial charge in [0.1, 0.15) is 0 Å². The fourth-order valence-corrected chi connectivity index (χ4v) is 1.88. The van der Waals surface area contributed by atoms with Crippen molar-refractivity contribution in [3.63, 3.8) is 0 Å². The Labute approximate surface area is 129 Å². The van der Waals surface area contributed by atoms with Crippen LogP contribution >= 0.6 is 0 Å². The van der Waals surface area contributed by atoms with Crippen LogP contribution in [0.15, 0.2) is 47.5 Å². The Kier molecular flexibility index (Phi) is 5.14. The predicted molar refractivity (Wildman–Crippen MR) is 84.6 cm³/mol. The van der Waals surface area contributed by atoms with Crippen LogP contribution in [0.25, 0.3) is 0 Å². The van der Waals surface area contributed by atoms with E-state index in [2.05, 4.69) is 9.73 Å². The fourth-order valence-electron chi connectivity index (χ4n) is 1.88. The molecule has 0 aliphatic rings. The van der Waals surface area contributed by atoms with E-state index in [1.54, 1.807) is 56.8 Å². The molecule has 2 aromatic carbocycles. The Morgan fingerprint density at radius 1 is 0.955 bits per heavy atom. The van der Waals surface area contributed by atoms with E-state index in [0.29, 0.717) is 17.1 Å². The topological polar surface area (TPSA) is 57.1 Å². The summed E-state index contributed by atoms with van der Waals surface area (Å²) in [6.45, 7) is 0. The second-order valence-corrected chi connectivity index (χ2v) is 4.41. The minimum atomic E-state index is -0.358. The summed E-state index contributed by atoms with van der Waals surface area (Å²) in [4.78, 5) is 15.7. The maximum Gasteiger partial charge on any atom is 0.337 e. The molecule has 22 heavy (non-hydrogen) atoms. The zero-order valence-corrected chi connectivity index (χ0v) is 12.7. The number of ether oxygens (including phenoxy) is 3. The van der Waals surface area contributed by atoms with Gasteiger partial charge in [-0.05, 0) is 29.8 Å². The third-order valence-electron chi connectivity index (χ3n) is 3.06. The van der Waals surface area contributed by atoms with E-state index in [4.69, 9.17) is 9.47 Å². The third-order valence-corrected chi connectivity index (χ3v) is 3.06. The number of rotatable bonds is 5. The van der Waals surface area contributed by atoms with Crippen molar-refractivity contribution < 1.29 is 19.0 Å². The Morgan fingerprint density at radius 3 is 2.23 bits per heavy atom. The number of aliphatic imine (C=N–C) groups is 1. The van der Waals surface area contributed by atoms with Crippen LogP contribution in [0.1, 0.15) is 15.9 Å². The van der Waals surface area contributed by atoms with Crippen molar-refractivity contribution in [1.82, 2.24) is 0 Å². The Morgan fingerprint density at radius 2 is 1.64 bits per heavy atom. The lowest BCUT2D eigenvalue weighted by Gasteiger charge is -2.07. The highest BCUT2D eigenvalue weighted by Crippen LogP contribution is 2.30. The number of hydrogen-bond acceptors (Lipinski definition) is 5. The minimum Gasteiger partial charge on any atom is -0.493 e. The lowest BCUT2D eigenvalue weighted by molar-refractivity contribution is 0.0600. The summed E-state index contributed by atoms with van der Waals surface area (Å²) in [5, 5.41) is 0. The van der Waals surface area contributed by atoms with Gasteiger partial charge in [0.05, 0.1) is 32.6 Å². The molecule has 0 amide bonds. The minimum absolute atomic E-state index is 0.358. The number of carbonyl (C=O) groups is 1. The summed E-state index contributed by atoms with van der Waals surface area (Å²) in [6.07, 6.45) is 1.71. The van der Waals surface area contributed by atoms with Gasteiger partial charge in [-0.3, -0.25) is 4.99 Å². The maximum atomic E-state index is 11.4. The molecule has 0 spiro atoms. The van der Waals surface area contributed by atoms with Gasteiger partial charge in [0.15, 0.2) is 11.5 Å². The molecule has 0 radical (unpaired) electrons. The molecule has 0 N–H and O–H groups in total. The molecule has 0 aliphatic carbocycles. The van der Waals surface area contributed by atoms with Crippen molar-refractivity contribution in [1.29, 1.82) is 0 Å². The van der Waals surface area contributed by atoms with Gasteiger partial charge in [-0.25, -0.2) is 4.79 Å². The van der Waals surface area contributed by atoms with Crippen molar-refractivity contribution in [2.75, 3.05) is 21.3 Å². The molecule has 0 unspecified atom stereocenters. The van der Waals surface area contributed by atoms with Gasteiger partial charge in [0, 0.05) is 12.3 Å². The molecule has 0 fully saturated rings. The molecule has 114 valence electrons. The van der Waals surface area contributed by atoms with Crippen molar-refractivity contribution in [2.45, 2.75) is 0 Å². The van der Waals surface area contributed by atoms with Crippen LogP contribution < -0.4 is 9.47 Å². The molecule has 0 atom stereocenters. The van der Waals surface area contributed by atoms with E-state index in [-0.39, 0.29) is 5.97 Å². The molecule has 0 saturated carbocycles. The standard InChI is InChI=1S/C17H17NO4/c1-20-15-9-8-14(10-16(15)21-2)18-11-12-4-6-13(7-5-12)17(19)22-3/h4-11H,1-3H3. The number of methoxy groups -OCH3 is 3. The smallest absolute Gasteiger partial charge is 0.337 e. The highest BCUT2D eigenvalue weighted by atomic mass is 16.5. The molecule has 0 aromatic heterocycles. The van der Waals surface area contributed by atoms with Crippen molar-refractivity contribution in [3.8, 4) is 11.5 Å². The maximum absolute atomic E-state index is 11.4. The molecular formula is C17H17NO4. The summed E-state index contributed by atoms with van der Waals surface area (Å²) >= 11 is 0. The van der Waals surface area contributed by atoms with Gasteiger partial charge < -0.3 is 14.2 Å². The van der Waals surface area contributed by atoms with Crippen LogP contribution in [-0.4, -0.2) is 33.5 Å². The van der Waals surface area contributed by atoms with Gasteiger partial charge in [-0.15, -0.1) is 0 Å². The molecule has 5 heteroatoms. The highest BCUT2D eigenvalue weighted by Gasteiger charge is 2.04. The van der Waals surface area contributed by atoms with Crippen LogP contribution in [-0.2, 0) is 4.74 Å². The van der Waals surface area contributed by atoms with Gasteiger partial charge in [-0.2, -0.15) is 0 Å². The van der Waals surface area contributed by atoms with Gasteiger partial charge in [-0.1, -0.05) is 12.1 Å². The molecule has 0 heterocycles. The summed E-state index contributed by atoms with van der Waals surface area (Å²) < 4.78 is 15.1. The number of esters is 1. The average Bonchev–Trinajstić information content (AvgIpc) is 2.59. The van der Waals surface area contributed by atoms with Gasteiger partial charge in [0.2, 0.25) is 0 Å². The first-order chi connectivity index (χ1) is 10.7. The van der Waals surface area contributed by atoms with E-state index in [1.807, 2.05) is 6.07 Å². The second-order valence-electron chi connectivity index (χ2n) is 4.41. The summed E-state index contributed by atoms with van der Waals surface area (Å²) in [6, 6.07) is 12.4. The van der Waals surface area contributed by atoms with E-state index < -0.39 is 0 Å². The van der Waals surface area contributed by atoms with E-state index in [9.17, 15) is 4.79 Å². The number of nitrogens with zero attached hydrogens (tertiary/aromatic N) is 1. The molecule has 0 bridgehead atoms. The molecule has 5 nitrogen and oxygen atoms in total. The van der Waals surface area contributed by atoms with E-state index >= 15 is 0 Å². The molecular weight excluding hydrogens is 282 g/mol. The summed E-state index contributed by atoms with van der Waals surface area (Å²) in [5.41, 5.74) is 2.13. The number of carbonyl (C=O) groups excluding carboxylic acids is 1. The molecule has 0 saturated heterocycles. The van der Waals surface area contributed by atoms with Gasteiger partial charge >= 0.3 is 5.97 Å². The average molecular weight is 299 g/mol. The summed E-state index contributed by atoms with van der Waals surface area (Å²) in [7, 11) is 4.52.